The molecule has 2 aromatic heterocycles. The van der Waals surface area contributed by atoms with Crippen molar-refractivity contribution >= 4 is 17.2 Å². The topological polar surface area (TPSA) is 86.8 Å². The Balaban J connectivity index is 2.60. The molecule has 6 nitrogen and oxygen atoms in total. The van der Waals surface area contributed by atoms with Crippen LogP contribution in [0.5, 0.6) is 0 Å². The molecular weight excluding hydrogens is 218 g/mol. The van der Waals surface area contributed by atoms with E-state index >= 15 is 0 Å². The Bertz CT molecular complexity index is 580. The summed E-state index contributed by atoms with van der Waals surface area (Å²) in [5.74, 6) is -0.375. The minimum Gasteiger partial charge on any atom is -0.244 e. The summed E-state index contributed by atoms with van der Waals surface area (Å²) in [5.41, 5.74) is 0.441. The average Bonchev–Trinajstić information content (AvgIpc) is 2.62. The molecule has 76 valence electrons. The maximum Gasteiger partial charge on any atom is 0.364 e. The van der Waals surface area contributed by atoms with Gasteiger partial charge in [0.15, 0.2) is 5.65 Å². The summed E-state index contributed by atoms with van der Waals surface area (Å²) in [7, 11) is 0. The highest BCUT2D eigenvalue weighted by atomic mass is 35.5. The van der Waals surface area contributed by atoms with Gasteiger partial charge in [0.25, 0.3) is 0 Å². The molecule has 1 unspecified atom stereocenters. The summed E-state index contributed by atoms with van der Waals surface area (Å²) in [5, 5.41) is 18.7. The van der Waals surface area contributed by atoms with Gasteiger partial charge in [0, 0.05) is 5.88 Å². The van der Waals surface area contributed by atoms with Gasteiger partial charge in [-0.15, -0.1) is 11.6 Å². The second-order valence-electron chi connectivity index (χ2n) is 2.89. The number of nitrogens with one attached hydrogen (secondary N) is 1. The Morgan fingerprint density at radius 1 is 1.67 bits per heavy atom. The highest BCUT2D eigenvalue weighted by Gasteiger charge is 2.12. The monoisotopic (exact) mass is 223 g/mol. The zero-order valence-electron chi connectivity index (χ0n) is 7.51. The van der Waals surface area contributed by atoms with E-state index in [2.05, 4.69) is 15.3 Å². The van der Waals surface area contributed by atoms with E-state index in [-0.39, 0.29) is 5.88 Å². The van der Waals surface area contributed by atoms with Gasteiger partial charge in [-0.25, -0.2) is 9.89 Å². The van der Waals surface area contributed by atoms with Gasteiger partial charge < -0.3 is 0 Å². The van der Waals surface area contributed by atoms with Crippen molar-refractivity contribution in [3.05, 3.63) is 28.3 Å². The Kier molecular flexibility index (Phi) is 2.39. The van der Waals surface area contributed by atoms with Crippen LogP contribution in [-0.4, -0.2) is 25.7 Å². The molecule has 0 aliphatic carbocycles. The molecule has 0 saturated heterocycles. The minimum absolute atomic E-state index is 0.140. The Morgan fingerprint density at radius 2 is 2.47 bits per heavy atom. The lowest BCUT2D eigenvalue weighted by Gasteiger charge is -2.02. The number of aromatic amines is 1. The summed E-state index contributed by atoms with van der Waals surface area (Å²) in [6, 6.07) is 5.24. The quantitative estimate of drug-likeness (QED) is 0.740. The summed E-state index contributed by atoms with van der Waals surface area (Å²) in [4.78, 5) is 11.2. The van der Waals surface area contributed by atoms with Crippen LogP contribution in [0.15, 0.2) is 16.9 Å². The third-order valence-corrected chi connectivity index (χ3v) is 2.27. The van der Waals surface area contributed by atoms with Crippen molar-refractivity contribution in [2.24, 2.45) is 0 Å². The molecule has 7 heteroatoms. The van der Waals surface area contributed by atoms with E-state index in [9.17, 15) is 4.79 Å². The number of fused-ring (bicyclic) bond motifs is 1. The molecular formula is C8H6ClN5O. The molecule has 0 saturated carbocycles. The number of aromatic nitrogens is 4. The molecule has 0 fully saturated rings. The van der Waals surface area contributed by atoms with Gasteiger partial charge in [-0.3, -0.25) is 0 Å². The van der Waals surface area contributed by atoms with Gasteiger partial charge in [0.05, 0.1) is 11.8 Å². The predicted molar refractivity (Wildman–Crippen MR) is 52.7 cm³/mol. The number of alkyl halides is 1. The summed E-state index contributed by atoms with van der Waals surface area (Å²) >= 11 is 5.59. The number of hydrogen-bond acceptors (Lipinski definition) is 4. The van der Waals surface area contributed by atoms with E-state index in [1.54, 1.807) is 12.1 Å². The van der Waals surface area contributed by atoms with Crippen molar-refractivity contribution in [3.8, 4) is 6.07 Å². The highest BCUT2D eigenvalue weighted by molar-refractivity contribution is 6.18. The van der Waals surface area contributed by atoms with Gasteiger partial charge in [0.1, 0.15) is 5.92 Å². The van der Waals surface area contributed by atoms with Crippen LogP contribution in [0.25, 0.3) is 5.65 Å². The van der Waals surface area contributed by atoms with E-state index < -0.39 is 11.6 Å². The molecule has 0 bridgehead atoms. The SMILES string of the molecule is N#CC(CCl)c1ccc2n[nH]c(=O)n2n1. The number of nitriles is 1. The van der Waals surface area contributed by atoms with E-state index in [1.165, 1.54) is 0 Å². The average molecular weight is 224 g/mol. The fraction of sp³-hybridized carbons (Fsp3) is 0.250. The number of hydrogen-bond donors (Lipinski definition) is 1. The zero-order chi connectivity index (χ0) is 10.8. The Morgan fingerprint density at radius 3 is 3.13 bits per heavy atom. The first-order valence-corrected chi connectivity index (χ1v) is 4.69. The third-order valence-electron chi connectivity index (χ3n) is 1.96. The molecule has 0 aromatic carbocycles. The van der Waals surface area contributed by atoms with Crippen LogP contribution in [0.1, 0.15) is 11.6 Å². The van der Waals surface area contributed by atoms with Crippen molar-refractivity contribution in [2.45, 2.75) is 5.92 Å². The first-order valence-electron chi connectivity index (χ1n) is 4.16. The molecule has 0 spiro atoms. The van der Waals surface area contributed by atoms with E-state index in [0.29, 0.717) is 11.3 Å². The highest BCUT2D eigenvalue weighted by Crippen LogP contribution is 2.13. The minimum atomic E-state index is -0.516. The largest absolute Gasteiger partial charge is 0.364 e. The molecule has 2 aromatic rings. The van der Waals surface area contributed by atoms with Crippen LogP contribution < -0.4 is 5.69 Å². The second-order valence-corrected chi connectivity index (χ2v) is 3.20. The van der Waals surface area contributed by atoms with Crippen LogP contribution >= 0.6 is 11.6 Å². The standard InChI is InChI=1S/C8H6ClN5O/c9-3-5(4-10)6-1-2-7-11-12-8(15)14(7)13-6/h1-2,5H,3H2,(H,12,15). The Labute approximate surface area is 89.1 Å². The lowest BCUT2D eigenvalue weighted by molar-refractivity contribution is 0.798. The molecule has 1 N–H and O–H groups in total. The lowest BCUT2D eigenvalue weighted by Crippen LogP contribution is -2.14. The normalized spacial score (nSPS) is 12.5. The van der Waals surface area contributed by atoms with Crippen molar-refractivity contribution < 1.29 is 0 Å². The molecule has 1 atom stereocenters. The molecule has 15 heavy (non-hydrogen) atoms. The van der Waals surface area contributed by atoms with Crippen LogP contribution in [0, 0.1) is 11.3 Å². The number of rotatable bonds is 2. The fourth-order valence-corrected chi connectivity index (χ4v) is 1.41. The first-order chi connectivity index (χ1) is 7.26. The van der Waals surface area contributed by atoms with Crippen molar-refractivity contribution in [1.29, 1.82) is 5.26 Å². The first kappa shape index (κ1) is 9.68. The van der Waals surface area contributed by atoms with Crippen molar-refractivity contribution in [1.82, 2.24) is 19.8 Å². The maximum atomic E-state index is 11.2. The molecule has 0 aliphatic rings. The Hall–Kier alpha value is -1.87. The van der Waals surface area contributed by atoms with Crippen LogP contribution in [0.3, 0.4) is 0 Å². The second kappa shape index (κ2) is 3.71. The van der Waals surface area contributed by atoms with Crippen LogP contribution in [0.2, 0.25) is 0 Å². The summed E-state index contributed by atoms with van der Waals surface area (Å²) < 4.78 is 1.10. The van der Waals surface area contributed by atoms with Crippen molar-refractivity contribution in [3.63, 3.8) is 0 Å². The van der Waals surface area contributed by atoms with E-state index in [0.717, 1.165) is 4.52 Å². The molecule has 2 rings (SSSR count). The van der Waals surface area contributed by atoms with Crippen LogP contribution in [-0.2, 0) is 0 Å². The number of nitrogens with zero attached hydrogens (tertiary/aromatic N) is 4. The van der Waals surface area contributed by atoms with Gasteiger partial charge >= 0.3 is 5.69 Å². The number of halogens is 1. The molecule has 0 radical (unpaired) electrons. The molecule has 0 amide bonds. The summed E-state index contributed by atoms with van der Waals surface area (Å²) in [6.07, 6.45) is 0. The maximum absolute atomic E-state index is 11.2. The van der Waals surface area contributed by atoms with Crippen molar-refractivity contribution in [2.75, 3.05) is 5.88 Å². The van der Waals surface area contributed by atoms with Gasteiger partial charge in [-0.05, 0) is 12.1 Å². The number of H-pyrrole nitrogens is 1. The molecule has 2 heterocycles. The predicted octanol–water partition coefficient (Wildman–Crippen LogP) is 0.264. The van der Waals surface area contributed by atoms with Crippen LogP contribution in [0.4, 0.5) is 0 Å². The summed E-state index contributed by atoms with van der Waals surface area (Å²) in [6.45, 7) is 0. The smallest absolute Gasteiger partial charge is 0.244 e. The molecule has 0 aliphatic heterocycles. The lowest BCUT2D eigenvalue weighted by atomic mass is 10.1. The third kappa shape index (κ3) is 1.57. The van der Waals surface area contributed by atoms with E-state index in [4.69, 9.17) is 16.9 Å². The van der Waals surface area contributed by atoms with Gasteiger partial charge in [0.2, 0.25) is 0 Å². The van der Waals surface area contributed by atoms with E-state index in [1.807, 2.05) is 6.07 Å². The van der Waals surface area contributed by atoms with Gasteiger partial charge in [-0.2, -0.15) is 20.0 Å². The zero-order valence-corrected chi connectivity index (χ0v) is 8.27. The van der Waals surface area contributed by atoms with Gasteiger partial charge in [-0.1, -0.05) is 0 Å². The fourth-order valence-electron chi connectivity index (χ4n) is 1.18.